The summed E-state index contributed by atoms with van der Waals surface area (Å²) in [6.45, 7) is 11.4. The Labute approximate surface area is 208 Å². The lowest BCUT2D eigenvalue weighted by Gasteiger charge is -2.35. The fourth-order valence-corrected chi connectivity index (χ4v) is 5.74. The minimum absolute atomic E-state index is 0.0764. The van der Waals surface area contributed by atoms with Gasteiger partial charge in [-0.3, -0.25) is 0 Å². The monoisotopic (exact) mass is 517 g/mol. The van der Waals surface area contributed by atoms with Crippen molar-refractivity contribution in [3.63, 3.8) is 0 Å². The van der Waals surface area contributed by atoms with E-state index in [9.17, 15) is 18.3 Å². The molecule has 3 heterocycles. The van der Waals surface area contributed by atoms with Gasteiger partial charge in [0.05, 0.1) is 16.4 Å². The second kappa shape index (κ2) is 11.2. The van der Waals surface area contributed by atoms with Crippen LogP contribution < -0.4 is 4.90 Å². The van der Waals surface area contributed by atoms with Crippen molar-refractivity contribution in [1.82, 2.24) is 9.21 Å². The number of benzene rings is 1. The number of ether oxygens (including phenoxy) is 1. The van der Waals surface area contributed by atoms with Gasteiger partial charge in [0.15, 0.2) is 5.60 Å². The van der Waals surface area contributed by atoms with E-state index in [-0.39, 0.29) is 11.2 Å². The third kappa shape index (κ3) is 7.35. The smallest absolute Gasteiger partial charge is 0.376 e. The highest BCUT2D eigenvalue weighted by Crippen LogP contribution is 2.39. The topological polar surface area (TPSA) is 39.2 Å². The lowest BCUT2D eigenvalue weighted by molar-refractivity contribution is -0.258. The van der Waals surface area contributed by atoms with Crippen LogP contribution in [-0.2, 0) is 10.3 Å². The average molecular weight is 518 g/mol. The molecule has 0 saturated carbocycles. The number of aliphatic hydroxyl groups is 1. The van der Waals surface area contributed by atoms with Crippen LogP contribution in [0.4, 0.5) is 18.9 Å². The predicted octanol–water partition coefficient (Wildman–Crippen LogP) is 5.07. The van der Waals surface area contributed by atoms with E-state index in [4.69, 9.17) is 4.74 Å². The number of piperazine rings is 1. The molecule has 190 valence electrons. The van der Waals surface area contributed by atoms with E-state index in [1.54, 1.807) is 35.4 Å². The second-order valence-electron chi connectivity index (χ2n) is 9.40. The Morgan fingerprint density at radius 2 is 1.68 bits per heavy atom. The zero-order chi connectivity index (χ0) is 25.0. The van der Waals surface area contributed by atoms with Crippen molar-refractivity contribution in [2.45, 2.75) is 42.4 Å². The first-order valence-corrected chi connectivity index (χ1v) is 13.0. The molecule has 0 spiro atoms. The Bertz CT molecular complexity index is 882. The summed E-state index contributed by atoms with van der Waals surface area (Å²) in [4.78, 5) is 4.45. The van der Waals surface area contributed by atoms with Gasteiger partial charge in [0.25, 0.3) is 0 Å². The molecule has 1 aromatic carbocycles. The molecule has 0 amide bonds. The number of anilines is 1. The van der Waals surface area contributed by atoms with Gasteiger partial charge in [-0.15, -0.1) is 11.3 Å². The van der Waals surface area contributed by atoms with Crippen LogP contribution in [0.5, 0.6) is 0 Å². The number of likely N-dealkylation sites (N-methyl/N-ethyl adjacent to an activating group) is 1. The van der Waals surface area contributed by atoms with Gasteiger partial charge in [-0.2, -0.15) is 13.2 Å². The highest BCUT2D eigenvalue weighted by molar-refractivity contribution is 7.98. The van der Waals surface area contributed by atoms with Gasteiger partial charge in [0.2, 0.25) is 0 Å². The molecule has 5 nitrogen and oxygen atoms in total. The van der Waals surface area contributed by atoms with Gasteiger partial charge in [0.1, 0.15) is 0 Å². The lowest BCUT2D eigenvalue weighted by atomic mass is 9.95. The molecule has 1 atom stereocenters. The molecule has 2 fully saturated rings. The van der Waals surface area contributed by atoms with E-state index >= 15 is 0 Å². The van der Waals surface area contributed by atoms with Crippen molar-refractivity contribution in [3.8, 4) is 0 Å². The summed E-state index contributed by atoms with van der Waals surface area (Å²) >= 11 is 3.46. The minimum Gasteiger partial charge on any atom is -0.376 e. The van der Waals surface area contributed by atoms with Crippen LogP contribution in [0.3, 0.4) is 0 Å². The number of hydrogen-bond acceptors (Lipinski definition) is 7. The van der Waals surface area contributed by atoms with E-state index in [1.807, 2.05) is 6.07 Å². The molecule has 10 heteroatoms. The van der Waals surface area contributed by atoms with Crippen molar-refractivity contribution in [2.24, 2.45) is 0 Å². The first-order valence-electron chi connectivity index (χ1n) is 11.3. The van der Waals surface area contributed by atoms with Gasteiger partial charge in [-0.05, 0) is 68.9 Å². The Hall–Kier alpha value is -1.30. The zero-order valence-corrected chi connectivity index (χ0v) is 21.8. The Kier molecular flexibility index (Phi) is 8.97. The standard InChI is InChI=1S/C17H19F3N2OS2.C7H15NO/c1-16(23,17(18,19)20)13-4-6-14(7-5-13)21-8-10-22(11-9-21)25-15-3-2-12-24-15;1-7(2)6-8(3)4-5-9-7/h2-7,12,23H,8-11H2,1H3;4-6H2,1-3H3. The number of hydrogen-bond donors (Lipinski definition) is 1. The highest BCUT2D eigenvalue weighted by atomic mass is 32.2. The van der Waals surface area contributed by atoms with E-state index < -0.39 is 11.8 Å². The molecule has 1 aromatic heterocycles. The van der Waals surface area contributed by atoms with Gasteiger partial charge in [-0.25, -0.2) is 4.31 Å². The molecule has 1 N–H and O–H groups in total. The van der Waals surface area contributed by atoms with Gasteiger partial charge in [-0.1, -0.05) is 18.2 Å². The van der Waals surface area contributed by atoms with Gasteiger partial charge < -0.3 is 19.6 Å². The third-order valence-electron chi connectivity index (χ3n) is 5.92. The number of halogens is 3. The SMILES string of the molecule is CC(O)(c1ccc(N2CCN(Sc3cccs3)CC2)cc1)C(F)(F)F.CN1CCOC(C)(C)C1. The van der Waals surface area contributed by atoms with Crippen molar-refractivity contribution < 1.29 is 23.0 Å². The maximum atomic E-state index is 12.9. The van der Waals surface area contributed by atoms with Crippen LogP contribution in [0.1, 0.15) is 26.3 Å². The van der Waals surface area contributed by atoms with Crippen molar-refractivity contribution in [1.29, 1.82) is 0 Å². The Morgan fingerprint density at radius 3 is 2.15 bits per heavy atom. The zero-order valence-electron chi connectivity index (χ0n) is 20.1. The number of nitrogens with zero attached hydrogens (tertiary/aromatic N) is 3. The summed E-state index contributed by atoms with van der Waals surface area (Å²) in [7, 11) is 2.13. The van der Waals surface area contributed by atoms with Gasteiger partial charge >= 0.3 is 6.18 Å². The average Bonchev–Trinajstić information content (AvgIpc) is 3.26. The lowest BCUT2D eigenvalue weighted by Crippen LogP contribution is -2.46. The Morgan fingerprint density at radius 1 is 1.03 bits per heavy atom. The quantitative estimate of drug-likeness (QED) is 0.571. The highest BCUT2D eigenvalue weighted by Gasteiger charge is 2.51. The van der Waals surface area contributed by atoms with E-state index in [0.717, 1.165) is 58.5 Å². The van der Waals surface area contributed by atoms with E-state index in [0.29, 0.717) is 0 Å². The number of thiophene rings is 1. The van der Waals surface area contributed by atoms with E-state index in [1.165, 1.54) is 16.3 Å². The first kappa shape index (κ1) is 27.3. The summed E-state index contributed by atoms with van der Waals surface area (Å²) < 4.78 is 47.8. The molecule has 1 unspecified atom stereocenters. The molecule has 4 rings (SSSR count). The molecule has 0 radical (unpaired) electrons. The van der Waals surface area contributed by atoms with Crippen LogP contribution >= 0.6 is 23.3 Å². The fourth-order valence-electron chi connectivity index (χ4n) is 3.89. The maximum absolute atomic E-state index is 12.9. The van der Waals surface area contributed by atoms with Crippen LogP contribution in [-0.4, -0.2) is 79.0 Å². The summed E-state index contributed by atoms with van der Waals surface area (Å²) in [5.74, 6) is 0. The van der Waals surface area contributed by atoms with Crippen molar-refractivity contribution in [3.05, 3.63) is 47.3 Å². The predicted molar refractivity (Wildman–Crippen MR) is 134 cm³/mol. The normalized spacial score (nSPS) is 21.5. The molecular weight excluding hydrogens is 483 g/mol. The second-order valence-corrected chi connectivity index (χ2v) is 11.7. The van der Waals surface area contributed by atoms with Gasteiger partial charge in [0, 0.05) is 45.0 Å². The summed E-state index contributed by atoms with van der Waals surface area (Å²) in [5, 5.41) is 11.8. The molecule has 34 heavy (non-hydrogen) atoms. The number of alkyl halides is 3. The molecule has 2 aliphatic heterocycles. The van der Waals surface area contributed by atoms with Crippen LogP contribution in [0.2, 0.25) is 0 Å². The summed E-state index contributed by atoms with van der Waals surface area (Å²) in [6.07, 6.45) is -4.70. The molecule has 2 aromatic rings. The van der Waals surface area contributed by atoms with E-state index in [2.05, 4.69) is 46.4 Å². The first-order chi connectivity index (χ1) is 15.9. The van der Waals surface area contributed by atoms with Crippen molar-refractivity contribution in [2.75, 3.05) is 57.8 Å². The molecule has 2 aliphatic rings. The fraction of sp³-hybridized carbons (Fsp3) is 0.583. The third-order valence-corrected chi connectivity index (χ3v) is 8.03. The van der Waals surface area contributed by atoms with Crippen molar-refractivity contribution >= 4 is 29.0 Å². The molecule has 2 saturated heterocycles. The molecule has 0 aliphatic carbocycles. The summed E-state index contributed by atoms with van der Waals surface area (Å²) in [5.41, 5.74) is -2.02. The number of rotatable bonds is 4. The molecule has 0 bridgehead atoms. The van der Waals surface area contributed by atoms with Crippen LogP contribution in [0, 0.1) is 0 Å². The maximum Gasteiger partial charge on any atom is 0.421 e. The minimum atomic E-state index is -4.70. The molecular formula is C24H34F3N3O2S2. The summed E-state index contributed by atoms with van der Waals surface area (Å²) in [6, 6.07) is 10.1. The van der Waals surface area contributed by atoms with Crippen LogP contribution in [0.25, 0.3) is 0 Å². The Balaban J connectivity index is 0.000000302. The number of morpholine rings is 1. The largest absolute Gasteiger partial charge is 0.421 e. The van der Waals surface area contributed by atoms with Crippen LogP contribution in [0.15, 0.2) is 46.0 Å².